The van der Waals surface area contributed by atoms with Crippen LogP contribution >= 0.6 is 0 Å². The first-order valence-corrected chi connectivity index (χ1v) is 7.76. The van der Waals surface area contributed by atoms with E-state index in [0.717, 1.165) is 0 Å². The molecule has 0 aliphatic rings. The van der Waals surface area contributed by atoms with Crippen LogP contribution in [0.2, 0.25) is 0 Å². The molecule has 5 nitrogen and oxygen atoms in total. The number of nitrogens with one attached hydrogen (secondary N) is 2. The number of carbonyl (C=O) groups excluding carboxylic acids is 2. The van der Waals surface area contributed by atoms with E-state index in [1.165, 1.54) is 18.2 Å². The number of carbonyl (C=O) groups is 2. The zero-order valence-electron chi connectivity index (χ0n) is 13.7. The lowest BCUT2D eigenvalue weighted by Crippen LogP contribution is -2.30. The lowest BCUT2D eigenvalue weighted by molar-refractivity contribution is -0.167. The maximum atomic E-state index is 12.2. The molecule has 0 spiro atoms. The van der Waals surface area contributed by atoms with Crippen molar-refractivity contribution in [1.82, 2.24) is 5.32 Å². The summed E-state index contributed by atoms with van der Waals surface area (Å²) in [6.45, 7) is 0.331. The van der Waals surface area contributed by atoms with Gasteiger partial charge in [0.15, 0.2) is 0 Å². The van der Waals surface area contributed by atoms with Crippen molar-refractivity contribution in [2.75, 3.05) is 11.9 Å². The summed E-state index contributed by atoms with van der Waals surface area (Å²) in [4.78, 5) is 22.7. The van der Waals surface area contributed by atoms with Gasteiger partial charge in [0, 0.05) is 12.2 Å². The molecule has 0 saturated carbocycles. The highest BCUT2D eigenvalue weighted by atomic mass is 19.4. The molecule has 8 heteroatoms. The van der Waals surface area contributed by atoms with Crippen LogP contribution < -0.4 is 15.4 Å². The van der Waals surface area contributed by atoms with Crippen LogP contribution in [0.5, 0.6) is 5.75 Å². The van der Waals surface area contributed by atoms with E-state index in [2.05, 4.69) is 5.32 Å². The number of hydrogen-bond acceptors (Lipinski definition) is 3. The quantitative estimate of drug-likeness (QED) is 0.790. The van der Waals surface area contributed by atoms with E-state index >= 15 is 0 Å². The Morgan fingerprint density at radius 2 is 1.73 bits per heavy atom. The SMILES string of the molecule is O=C(CCOc1ccccc1)NCc1cccc(NC(=O)C(F)(F)F)c1. The molecular formula is C18H17F3N2O3. The molecule has 2 amide bonds. The third-order valence-electron chi connectivity index (χ3n) is 3.27. The monoisotopic (exact) mass is 366 g/mol. The highest BCUT2D eigenvalue weighted by Crippen LogP contribution is 2.19. The maximum absolute atomic E-state index is 12.2. The second-order valence-electron chi connectivity index (χ2n) is 5.34. The Hall–Kier alpha value is -3.03. The second kappa shape index (κ2) is 8.89. The molecule has 0 bridgehead atoms. The lowest BCUT2D eigenvalue weighted by Gasteiger charge is -2.10. The summed E-state index contributed by atoms with van der Waals surface area (Å²) in [5.74, 6) is -1.64. The fourth-order valence-corrected chi connectivity index (χ4v) is 2.03. The number of rotatable bonds is 7. The van der Waals surface area contributed by atoms with Crippen molar-refractivity contribution >= 4 is 17.5 Å². The van der Waals surface area contributed by atoms with Gasteiger partial charge in [-0.05, 0) is 29.8 Å². The lowest BCUT2D eigenvalue weighted by atomic mass is 10.2. The minimum absolute atomic E-state index is 0.00600. The number of halogens is 3. The summed E-state index contributed by atoms with van der Waals surface area (Å²) in [6.07, 6.45) is -4.82. The second-order valence-corrected chi connectivity index (χ2v) is 5.34. The van der Waals surface area contributed by atoms with Crippen LogP contribution in [-0.4, -0.2) is 24.6 Å². The molecule has 2 aromatic carbocycles. The number of amides is 2. The molecule has 0 atom stereocenters. The van der Waals surface area contributed by atoms with E-state index in [-0.39, 0.29) is 31.2 Å². The Bertz CT molecular complexity index is 749. The van der Waals surface area contributed by atoms with Gasteiger partial charge in [0.25, 0.3) is 0 Å². The number of ether oxygens (including phenoxy) is 1. The van der Waals surface area contributed by atoms with Gasteiger partial charge in [-0.25, -0.2) is 0 Å². The summed E-state index contributed by atoms with van der Waals surface area (Å²) in [7, 11) is 0. The van der Waals surface area contributed by atoms with Crippen molar-refractivity contribution in [3.8, 4) is 5.75 Å². The fraction of sp³-hybridized carbons (Fsp3) is 0.222. The largest absolute Gasteiger partial charge is 0.493 e. The van der Waals surface area contributed by atoms with Crippen LogP contribution in [-0.2, 0) is 16.1 Å². The van der Waals surface area contributed by atoms with Crippen LogP contribution in [0, 0.1) is 0 Å². The smallest absolute Gasteiger partial charge is 0.471 e. The first-order valence-electron chi connectivity index (χ1n) is 7.76. The third kappa shape index (κ3) is 6.46. The Balaban J connectivity index is 1.77. The highest BCUT2D eigenvalue weighted by molar-refractivity contribution is 5.94. The predicted octanol–water partition coefficient (Wildman–Crippen LogP) is 3.27. The normalized spacial score (nSPS) is 10.9. The molecule has 2 N–H and O–H groups in total. The molecule has 0 radical (unpaired) electrons. The van der Waals surface area contributed by atoms with Gasteiger partial charge in [0.1, 0.15) is 5.75 Å². The highest BCUT2D eigenvalue weighted by Gasteiger charge is 2.38. The van der Waals surface area contributed by atoms with Crippen molar-refractivity contribution < 1.29 is 27.5 Å². The van der Waals surface area contributed by atoms with E-state index < -0.39 is 12.1 Å². The molecule has 0 unspecified atom stereocenters. The average molecular weight is 366 g/mol. The number of para-hydroxylation sites is 1. The molecule has 0 aromatic heterocycles. The molecule has 138 valence electrons. The number of benzene rings is 2. The Morgan fingerprint density at radius 3 is 2.42 bits per heavy atom. The standard InChI is InChI=1S/C18H17F3N2O3/c19-18(20,21)17(25)23-14-6-4-5-13(11-14)12-22-16(24)9-10-26-15-7-2-1-3-8-15/h1-8,11H,9-10,12H2,(H,22,24)(H,23,25). The molecule has 2 rings (SSSR count). The van der Waals surface area contributed by atoms with Crippen LogP contribution in [0.4, 0.5) is 18.9 Å². The van der Waals surface area contributed by atoms with Crippen LogP contribution in [0.1, 0.15) is 12.0 Å². The van der Waals surface area contributed by atoms with Crippen molar-refractivity contribution in [3.63, 3.8) is 0 Å². The number of alkyl halides is 3. The van der Waals surface area contributed by atoms with Crippen molar-refractivity contribution in [1.29, 1.82) is 0 Å². The van der Waals surface area contributed by atoms with Crippen molar-refractivity contribution in [2.45, 2.75) is 19.1 Å². The minimum atomic E-state index is -4.96. The molecule has 0 aliphatic heterocycles. The summed E-state index contributed by atoms with van der Waals surface area (Å²) < 4.78 is 42.2. The fourth-order valence-electron chi connectivity index (χ4n) is 2.03. The van der Waals surface area contributed by atoms with Gasteiger partial charge in [-0.1, -0.05) is 30.3 Å². The van der Waals surface area contributed by atoms with Crippen LogP contribution in [0.25, 0.3) is 0 Å². The molecule has 0 fully saturated rings. The van der Waals surface area contributed by atoms with Crippen LogP contribution in [0.15, 0.2) is 54.6 Å². The summed E-state index contributed by atoms with van der Waals surface area (Å²) >= 11 is 0. The molecular weight excluding hydrogens is 349 g/mol. The third-order valence-corrected chi connectivity index (χ3v) is 3.27. The topological polar surface area (TPSA) is 67.4 Å². The minimum Gasteiger partial charge on any atom is -0.493 e. The van der Waals surface area contributed by atoms with Crippen molar-refractivity contribution in [2.24, 2.45) is 0 Å². The Morgan fingerprint density at radius 1 is 1.00 bits per heavy atom. The predicted molar refractivity (Wildman–Crippen MR) is 89.5 cm³/mol. The zero-order valence-corrected chi connectivity index (χ0v) is 13.7. The molecule has 0 heterocycles. The number of hydrogen-bond donors (Lipinski definition) is 2. The Kier molecular flexibility index (Phi) is 6.60. The molecule has 26 heavy (non-hydrogen) atoms. The average Bonchev–Trinajstić information content (AvgIpc) is 2.60. The van der Waals surface area contributed by atoms with Crippen LogP contribution in [0.3, 0.4) is 0 Å². The van der Waals surface area contributed by atoms with Gasteiger partial charge in [0.2, 0.25) is 5.91 Å². The summed E-state index contributed by atoms with van der Waals surface area (Å²) in [5, 5.41) is 4.41. The molecule has 0 aliphatic carbocycles. The van der Waals surface area contributed by atoms with Gasteiger partial charge >= 0.3 is 12.1 Å². The van der Waals surface area contributed by atoms with Gasteiger partial charge in [0.05, 0.1) is 13.0 Å². The maximum Gasteiger partial charge on any atom is 0.471 e. The van der Waals surface area contributed by atoms with E-state index in [1.54, 1.807) is 23.5 Å². The van der Waals surface area contributed by atoms with Crippen molar-refractivity contribution in [3.05, 3.63) is 60.2 Å². The Labute approximate surface area is 148 Å². The first kappa shape index (κ1) is 19.3. The summed E-state index contributed by atoms with van der Waals surface area (Å²) in [5.41, 5.74) is 0.564. The van der Waals surface area contributed by atoms with Gasteiger partial charge in [-0.3, -0.25) is 9.59 Å². The van der Waals surface area contributed by atoms with E-state index in [1.807, 2.05) is 18.2 Å². The van der Waals surface area contributed by atoms with Gasteiger partial charge < -0.3 is 15.4 Å². The van der Waals surface area contributed by atoms with Gasteiger partial charge in [-0.15, -0.1) is 0 Å². The molecule has 0 saturated heterocycles. The first-order chi connectivity index (χ1) is 12.3. The number of anilines is 1. The van der Waals surface area contributed by atoms with E-state index in [0.29, 0.717) is 11.3 Å². The summed E-state index contributed by atoms with van der Waals surface area (Å²) in [6, 6.07) is 14.9. The van der Waals surface area contributed by atoms with E-state index in [4.69, 9.17) is 4.74 Å². The van der Waals surface area contributed by atoms with E-state index in [9.17, 15) is 22.8 Å². The molecule has 2 aromatic rings. The zero-order chi connectivity index (χ0) is 19.0. The van der Waals surface area contributed by atoms with Gasteiger partial charge in [-0.2, -0.15) is 13.2 Å².